The molecule has 1 aromatic rings. The minimum absolute atomic E-state index is 0.123. The van der Waals surface area contributed by atoms with Gasteiger partial charge in [0, 0.05) is 17.6 Å². The predicted octanol–water partition coefficient (Wildman–Crippen LogP) is 4.19. The van der Waals surface area contributed by atoms with Crippen LogP contribution >= 0.6 is 11.6 Å². The van der Waals surface area contributed by atoms with E-state index in [4.69, 9.17) is 11.6 Å². The van der Waals surface area contributed by atoms with Gasteiger partial charge in [-0.1, -0.05) is 18.5 Å². The molecule has 0 bridgehead atoms. The fraction of sp³-hybridized carbons (Fsp3) is 0.625. The van der Waals surface area contributed by atoms with Crippen molar-refractivity contribution in [3.05, 3.63) is 34.6 Å². The summed E-state index contributed by atoms with van der Waals surface area (Å²) in [6, 6.07) is 5.60. The fourth-order valence-electron chi connectivity index (χ4n) is 2.91. The van der Waals surface area contributed by atoms with Gasteiger partial charge in [0.15, 0.2) is 0 Å². The lowest BCUT2D eigenvalue weighted by molar-refractivity contribution is 0.252. The molecular weight excluding hydrogens is 261 g/mol. The lowest BCUT2D eigenvalue weighted by Crippen LogP contribution is -2.36. The molecule has 2 saturated carbocycles. The van der Waals surface area contributed by atoms with Crippen molar-refractivity contribution < 1.29 is 4.39 Å². The van der Waals surface area contributed by atoms with Crippen molar-refractivity contribution in [2.45, 2.75) is 45.1 Å². The SMILES string of the molecule is CC(CNC1CC1)(Cc1cc(Cl)ccc1F)C1CC1. The second-order valence-corrected chi connectivity index (χ2v) is 6.93. The van der Waals surface area contributed by atoms with E-state index < -0.39 is 0 Å². The Hall–Kier alpha value is -0.600. The van der Waals surface area contributed by atoms with Gasteiger partial charge in [0.1, 0.15) is 5.82 Å². The summed E-state index contributed by atoms with van der Waals surface area (Å²) in [5.41, 5.74) is 0.924. The molecule has 3 rings (SSSR count). The molecule has 0 saturated heterocycles. The predicted molar refractivity (Wildman–Crippen MR) is 77.0 cm³/mol. The Kier molecular flexibility index (Phi) is 3.57. The van der Waals surface area contributed by atoms with Gasteiger partial charge in [0.25, 0.3) is 0 Å². The fourth-order valence-corrected chi connectivity index (χ4v) is 3.10. The highest BCUT2D eigenvalue weighted by Crippen LogP contribution is 2.47. The van der Waals surface area contributed by atoms with E-state index in [1.54, 1.807) is 12.1 Å². The Morgan fingerprint density at radius 3 is 2.68 bits per heavy atom. The van der Waals surface area contributed by atoms with Crippen LogP contribution < -0.4 is 5.32 Å². The highest BCUT2D eigenvalue weighted by Gasteiger charge is 2.42. The number of nitrogens with one attached hydrogen (secondary N) is 1. The molecule has 0 aliphatic heterocycles. The average Bonchev–Trinajstić information content (AvgIpc) is 3.24. The van der Waals surface area contributed by atoms with Crippen LogP contribution in [0.1, 0.15) is 38.2 Å². The quantitative estimate of drug-likeness (QED) is 0.824. The largest absolute Gasteiger partial charge is 0.313 e. The monoisotopic (exact) mass is 281 g/mol. The van der Waals surface area contributed by atoms with E-state index in [1.807, 2.05) is 0 Å². The molecule has 19 heavy (non-hydrogen) atoms. The van der Waals surface area contributed by atoms with Gasteiger partial charge < -0.3 is 5.32 Å². The Morgan fingerprint density at radius 2 is 2.05 bits per heavy atom. The maximum absolute atomic E-state index is 13.9. The molecule has 0 spiro atoms. The molecule has 2 aliphatic carbocycles. The van der Waals surface area contributed by atoms with Gasteiger partial charge in [-0.15, -0.1) is 0 Å². The van der Waals surface area contributed by atoms with Crippen LogP contribution in [0.25, 0.3) is 0 Å². The summed E-state index contributed by atoms with van der Waals surface area (Å²) in [5, 5.41) is 4.25. The second kappa shape index (κ2) is 5.06. The first-order valence-corrected chi connectivity index (χ1v) is 7.62. The Balaban J connectivity index is 1.73. The van der Waals surface area contributed by atoms with Crippen LogP contribution in [0.3, 0.4) is 0 Å². The maximum atomic E-state index is 13.9. The smallest absolute Gasteiger partial charge is 0.126 e. The topological polar surface area (TPSA) is 12.0 Å². The number of hydrogen-bond donors (Lipinski definition) is 1. The van der Waals surface area contributed by atoms with Crippen molar-refractivity contribution >= 4 is 11.6 Å². The Morgan fingerprint density at radius 1 is 1.32 bits per heavy atom. The molecule has 1 N–H and O–H groups in total. The molecule has 104 valence electrons. The third-order valence-electron chi connectivity index (χ3n) is 4.54. The normalized spacial score (nSPS) is 22.3. The van der Waals surface area contributed by atoms with Crippen molar-refractivity contribution in [2.24, 2.45) is 11.3 Å². The van der Waals surface area contributed by atoms with Crippen LogP contribution in [0, 0.1) is 17.2 Å². The highest BCUT2D eigenvalue weighted by atomic mass is 35.5. The summed E-state index contributed by atoms with van der Waals surface area (Å²) < 4.78 is 13.9. The third-order valence-corrected chi connectivity index (χ3v) is 4.77. The molecule has 2 fully saturated rings. The summed E-state index contributed by atoms with van der Waals surface area (Å²) in [7, 11) is 0. The summed E-state index contributed by atoms with van der Waals surface area (Å²) >= 11 is 6.00. The van der Waals surface area contributed by atoms with E-state index in [9.17, 15) is 4.39 Å². The van der Waals surface area contributed by atoms with Crippen LogP contribution in [0.5, 0.6) is 0 Å². The van der Waals surface area contributed by atoms with E-state index in [0.29, 0.717) is 11.1 Å². The zero-order valence-electron chi connectivity index (χ0n) is 11.4. The zero-order valence-corrected chi connectivity index (χ0v) is 12.1. The number of benzene rings is 1. The van der Waals surface area contributed by atoms with Crippen LogP contribution in [-0.4, -0.2) is 12.6 Å². The third kappa shape index (κ3) is 3.29. The molecule has 1 aromatic carbocycles. The minimum atomic E-state index is -0.123. The van der Waals surface area contributed by atoms with Crippen molar-refractivity contribution in [2.75, 3.05) is 6.54 Å². The lowest BCUT2D eigenvalue weighted by atomic mass is 9.78. The molecule has 3 heteroatoms. The van der Waals surface area contributed by atoms with Crippen molar-refractivity contribution in [3.63, 3.8) is 0 Å². The minimum Gasteiger partial charge on any atom is -0.313 e. The van der Waals surface area contributed by atoms with Gasteiger partial charge in [0.2, 0.25) is 0 Å². The van der Waals surface area contributed by atoms with Gasteiger partial charge in [-0.3, -0.25) is 0 Å². The molecule has 1 nitrogen and oxygen atoms in total. The Labute approximate surface area is 119 Å². The molecule has 0 aromatic heterocycles. The Bertz CT molecular complexity index is 468. The van der Waals surface area contributed by atoms with Gasteiger partial charge in [-0.2, -0.15) is 0 Å². The van der Waals surface area contributed by atoms with E-state index >= 15 is 0 Å². The van der Waals surface area contributed by atoms with Gasteiger partial charge >= 0.3 is 0 Å². The molecule has 2 aliphatic rings. The molecule has 0 amide bonds. The second-order valence-electron chi connectivity index (χ2n) is 6.50. The molecular formula is C16H21ClFN. The zero-order chi connectivity index (χ0) is 13.5. The summed E-state index contributed by atoms with van der Waals surface area (Å²) in [6.45, 7) is 3.29. The lowest BCUT2D eigenvalue weighted by Gasteiger charge is -2.30. The van der Waals surface area contributed by atoms with Gasteiger partial charge in [-0.05, 0) is 67.2 Å². The first-order valence-electron chi connectivity index (χ1n) is 7.24. The van der Waals surface area contributed by atoms with E-state index in [-0.39, 0.29) is 11.2 Å². The van der Waals surface area contributed by atoms with Crippen molar-refractivity contribution in [3.8, 4) is 0 Å². The summed E-state index contributed by atoms with van der Waals surface area (Å²) in [6.07, 6.45) is 5.94. The van der Waals surface area contributed by atoms with Crippen LogP contribution in [-0.2, 0) is 6.42 Å². The van der Waals surface area contributed by atoms with Crippen LogP contribution in [0.2, 0.25) is 5.02 Å². The summed E-state index contributed by atoms with van der Waals surface area (Å²) in [5.74, 6) is 0.611. The van der Waals surface area contributed by atoms with Crippen molar-refractivity contribution in [1.82, 2.24) is 5.32 Å². The first-order chi connectivity index (χ1) is 9.07. The standard InChI is InChI=1S/C16H21ClFN/c1-16(12-2-3-12,10-19-14-5-6-14)9-11-8-13(17)4-7-15(11)18/h4,7-8,12,14,19H,2-3,5-6,9-10H2,1H3. The molecule has 0 heterocycles. The van der Waals surface area contributed by atoms with E-state index in [2.05, 4.69) is 12.2 Å². The molecule has 1 unspecified atom stereocenters. The molecule has 0 radical (unpaired) electrons. The van der Waals surface area contributed by atoms with Gasteiger partial charge in [0.05, 0.1) is 0 Å². The van der Waals surface area contributed by atoms with Crippen LogP contribution in [0.4, 0.5) is 4.39 Å². The van der Waals surface area contributed by atoms with Crippen molar-refractivity contribution in [1.29, 1.82) is 0 Å². The highest BCUT2D eigenvalue weighted by molar-refractivity contribution is 6.30. The number of hydrogen-bond acceptors (Lipinski definition) is 1. The van der Waals surface area contributed by atoms with Gasteiger partial charge in [-0.25, -0.2) is 4.39 Å². The van der Waals surface area contributed by atoms with E-state index in [1.165, 1.54) is 31.7 Å². The van der Waals surface area contributed by atoms with Crippen LogP contribution in [0.15, 0.2) is 18.2 Å². The number of rotatable bonds is 6. The first kappa shape index (κ1) is 13.4. The maximum Gasteiger partial charge on any atom is 0.126 e. The molecule has 1 atom stereocenters. The summed E-state index contributed by atoms with van der Waals surface area (Å²) in [4.78, 5) is 0. The average molecular weight is 282 g/mol. The number of halogens is 2. The van der Waals surface area contributed by atoms with E-state index in [0.717, 1.165) is 24.4 Å².